The van der Waals surface area contributed by atoms with E-state index < -0.39 is 0 Å². The standard InChI is InChI=1S/C13H23NO2/c1-5-6-9-14-10-7-8-11(14)12(15)16-13(2,3)4/h5-6,11H,7-10H2,1-4H3/b6-5+/t11-/m1/s1. The van der Waals surface area contributed by atoms with Crippen LogP contribution in [0.15, 0.2) is 12.2 Å². The summed E-state index contributed by atoms with van der Waals surface area (Å²) in [5.74, 6) is -0.0745. The molecule has 3 nitrogen and oxygen atoms in total. The molecule has 1 heterocycles. The molecule has 1 aliphatic heterocycles. The SMILES string of the molecule is C/C=C/CN1CCC[C@@H]1C(=O)OC(C)(C)C. The van der Waals surface area contributed by atoms with Crippen molar-refractivity contribution < 1.29 is 9.53 Å². The van der Waals surface area contributed by atoms with Crippen LogP contribution in [-0.2, 0) is 9.53 Å². The van der Waals surface area contributed by atoms with Crippen LogP contribution < -0.4 is 0 Å². The Kier molecular flexibility index (Phi) is 4.54. The van der Waals surface area contributed by atoms with Crippen molar-refractivity contribution in [3.05, 3.63) is 12.2 Å². The van der Waals surface area contributed by atoms with E-state index in [0.29, 0.717) is 0 Å². The molecule has 0 aromatic rings. The molecule has 1 aliphatic rings. The fourth-order valence-electron chi connectivity index (χ4n) is 1.92. The summed E-state index contributed by atoms with van der Waals surface area (Å²) in [6.07, 6.45) is 6.11. The largest absolute Gasteiger partial charge is 0.459 e. The summed E-state index contributed by atoms with van der Waals surface area (Å²) in [6.45, 7) is 9.58. The number of hydrogen-bond donors (Lipinski definition) is 0. The topological polar surface area (TPSA) is 29.5 Å². The van der Waals surface area contributed by atoms with E-state index >= 15 is 0 Å². The quantitative estimate of drug-likeness (QED) is 0.545. The number of esters is 1. The molecule has 0 aliphatic carbocycles. The Morgan fingerprint density at radius 3 is 2.75 bits per heavy atom. The van der Waals surface area contributed by atoms with Gasteiger partial charge >= 0.3 is 5.97 Å². The summed E-state index contributed by atoms with van der Waals surface area (Å²) in [4.78, 5) is 14.1. The minimum Gasteiger partial charge on any atom is -0.459 e. The summed E-state index contributed by atoms with van der Waals surface area (Å²) in [7, 11) is 0. The average Bonchev–Trinajstić information content (AvgIpc) is 2.59. The lowest BCUT2D eigenvalue weighted by Gasteiger charge is -2.26. The lowest BCUT2D eigenvalue weighted by Crippen LogP contribution is -2.40. The molecule has 3 heteroatoms. The number of likely N-dealkylation sites (tertiary alicyclic amines) is 1. The van der Waals surface area contributed by atoms with E-state index in [9.17, 15) is 4.79 Å². The molecule has 0 amide bonds. The average molecular weight is 225 g/mol. The van der Waals surface area contributed by atoms with Gasteiger partial charge in [0.2, 0.25) is 0 Å². The first-order valence-corrected chi connectivity index (χ1v) is 6.02. The fourth-order valence-corrected chi connectivity index (χ4v) is 1.92. The molecule has 92 valence electrons. The minimum atomic E-state index is -0.383. The maximum atomic E-state index is 11.9. The Hall–Kier alpha value is -0.830. The van der Waals surface area contributed by atoms with E-state index in [1.807, 2.05) is 33.8 Å². The van der Waals surface area contributed by atoms with Crippen LogP contribution in [0.1, 0.15) is 40.5 Å². The van der Waals surface area contributed by atoms with Crippen LogP contribution in [0.5, 0.6) is 0 Å². The second-order valence-electron chi connectivity index (χ2n) is 5.26. The number of carbonyl (C=O) groups excluding carboxylic acids is 1. The third kappa shape index (κ3) is 3.97. The fraction of sp³-hybridized carbons (Fsp3) is 0.769. The van der Waals surface area contributed by atoms with Crippen molar-refractivity contribution in [3.8, 4) is 0 Å². The Balaban J connectivity index is 2.54. The second-order valence-corrected chi connectivity index (χ2v) is 5.26. The number of carbonyl (C=O) groups is 1. The van der Waals surface area contributed by atoms with Gasteiger partial charge in [-0.25, -0.2) is 0 Å². The van der Waals surface area contributed by atoms with Crippen molar-refractivity contribution >= 4 is 5.97 Å². The van der Waals surface area contributed by atoms with Gasteiger partial charge in [0.15, 0.2) is 0 Å². The van der Waals surface area contributed by atoms with Gasteiger partial charge < -0.3 is 4.74 Å². The van der Waals surface area contributed by atoms with Crippen LogP contribution in [0.25, 0.3) is 0 Å². The van der Waals surface area contributed by atoms with E-state index in [4.69, 9.17) is 4.74 Å². The molecule has 1 rings (SSSR count). The first-order valence-electron chi connectivity index (χ1n) is 6.02. The lowest BCUT2D eigenvalue weighted by atomic mass is 10.1. The number of allylic oxidation sites excluding steroid dienone is 1. The van der Waals surface area contributed by atoms with Gasteiger partial charge in [-0.15, -0.1) is 0 Å². The Morgan fingerprint density at radius 1 is 1.50 bits per heavy atom. The summed E-state index contributed by atoms with van der Waals surface area (Å²) in [5.41, 5.74) is -0.383. The molecule has 1 fully saturated rings. The van der Waals surface area contributed by atoms with Crippen LogP contribution in [0.4, 0.5) is 0 Å². The van der Waals surface area contributed by atoms with Crippen LogP contribution in [0, 0.1) is 0 Å². The number of nitrogens with zero attached hydrogens (tertiary/aromatic N) is 1. The molecule has 0 unspecified atom stereocenters. The first kappa shape index (κ1) is 13.2. The van der Waals surface area contributed by atoms with Crippen molar-refractivity contribution in [3.63, 3.8) is 0 Å². The highest BCUT2D eigenvalue weighted by Gasteiger charge is 2.33. The summed E-state index contributed by atoms with van der Waals surface area (Å²) < 4.78 is 5.43. The van der Waals surface area contributed by atoms with Gasteiger partial charge in [-0.3, -0.25) is 9.69 Å². The maximum Gasteiger partial charge on any atom is 0.323 e. The predicted molar refractivity (Wildman–Crippen MR) is 65.3 cm³/mol. The lowest BCUT2D eigenvalue weighted by molar-refractivity contribution is -0.160. The van der Waals surface area contributed by atoms with Crippen molar-refractivity contribution in [2.24, 2.45) is 0 Å². The zero-order valence-corrected chi connectivity index (χ0v) is 10.8. The van der Waals surface area contributed by atoms with Crippen molar-refractivity contribution in [1.82, 2.24) is 4.90 Å². The molecular weight excluding hydrogens is 202 g/mol. The molecule has 0 spiro atoms. The summed E-state index contributed by atoms with van der Waals surface area (Å²) >= 11 is 0. The van der Waals surface area contributed by atoms with Gasteiger partial charge in [0.05, 0.1) is 0 Å². The highest BCUT2D eigenvalue weighted by Crippen LogP contribution is 2.20. The van der Waals surface area contributed by atoms with Crippen molar-refractivity contribution in [1.29, 1.82) is 0 Å². The third-order valence-electron chi connectivity index (χ3n) is 2.62. The van der Waals surface area contributed by atoms with Gasteiger partial charge in [-0.05, 0) is 47.1 Å². The van der Waals surface area contributed by atoms with Crippen molar-refractivity contribution in [2.75, 3.05) is 13.1 Å². The smallest absolute Gasteiger partial charge is 0.323 e. The molecule has 1 saturated heterocycles. The van der Waals surface area contributed by atoms with E-state index in [1.54, 1.807) is 0 Å². The van der Waals surface area contributed by atoms with Crippen LogP contribution in [0.3, 0.4) is 0 Å². The summed E-state index contributed by atoms with van der Waals surface area (Å²) in [6, 6.07) is -0.0459. The van der Waals surface area contributed by atoms with E-state index in [2.05, 4.69) is 11.0 Å². The Bertz CT molecular complexity index is 266. The monoisotopic (exact) mass is 225 g/mol. The molecule has 0 N–H and O–H groups in total. The number of ether oxygens (including phenoxy) is 1. The number of rotatable bonds is 3. The molecule has 1 atom stereocenters. The molecule has 0 bridgehead atoms. The van der Waals surface area contributed by atoms with Crippen LogP contribution >= 0.6 is 0 Å². The highest BCUT2D eigenvalue weighted by molar-refractivity contribution is 5.76. The zero-order chi connectivity index (χ0) is 12.2. The van der Waals surface area contributed by atoms with Crippen LogP contribution in [-0.4, -0.2) is 35.6 Å². The minimum absolute atomic E-state index is 0.0459. The summed E-state index contributed by atoms with van der Waals surface area (Å²) in [5, 5.41) is 0. The number of hydrogen-bond acceptors (Lipinski definition) is 3. The highest BCUT2D eigenvalue weighted by atomic mass is 16.6. The van der Waals surface area contributed by atoms with E-state index in [0.717, 1.165) is 25.9 Å². The molecule has 0 saturated carbocycles. The zero-order valence-electron chi connectivity index (χ0n) is 10.8. The second kappa shape index (κ2) is 5.48. The molecule has 0 aromatic carbocycles. The first-order chi connectivity index (χ1) is 7.44. The van der Waals surface area contributed by atoms with Gasteiger partial charge in [-0.2, -0.15) is 0 Å². The van der Waals surface area contributed by atoms with Gasteiger partial charge in [0.25, 0.3) is 0 Å². The van der Waals surface area contributed by atoms with E-state index in [1.165, 1.54) is 0 Å². The predicted octanol–water partition coefficient (Wildman–Crippen LogP) is 2.37. The Labute approximate surface area is 98.5 Å². The molecule has 0 aromatic heterocycles. The molecular formula is C13H23NO2. The normalized spacial score (nSPS) is 22.9. The van der Waals surface area contributed by atoms with Crippen LogP contribution in [0.2, 0.25) is 0 Å². The van der Waals surface area contributed by atoms with E-state index in [-0.39, 0.29) is 17.6 Å². The van der Waals surface area contributed by atoms with Gasteiger partial charge in [0.1, 0.15) is 11.6 Å². The molecule has 16 heavy (non-hydrogen) atoms. The van der Waals surface area contributed by atoms with Gasteiger partial charge in [-0.1, -0.05) is 12.2 Å². The maximum absolute atomic E-state index is 11.9. The Morgan fingerprint density at radius 2 is 2.19 bits per heavy atom. The molecule has 0 radical (unpaired) electrons. The van der Waals surface area contributed by atoms with Gasteiger partial charge in [0, 0.05) is 6.54 Å². The third-order valence-corrected chi connectivity index (χ3v) is 2.62. The van der Waals surface area contributed by atoms with Crippen molar-refractivity contribution in [2.45, 2.75) is 52.2 Å².